The van der Waals surface area contributed by atoms with E-state index < -0.39 is 0 Å². The van der Waals surface area contributed by atoms with Gasteiger partial charge in [-0.15, -0.1) is 0 Å². The third-order valence-corrected chi connectivity index (χ3v) is 4.50. The van der Waals surface area contributed by atoms with E-state index in [0.29, 0.717) is 11.1 Å². The van der Waals surface area contributed by atoms with Crippen molar-refractivity contribution < 1.29 is 10.2 Å². The Morgan fingerprint density at radius 3 is 1.89 bits per heavy atom. The van der Waals surface area contributed by atoms with Gasteiger partial charge in [0.15, 0.2) is 5.75 Å². The van der Waals surface area contributed by atoms with Crippen molar-refractivity contribution in [2.75, 3.05) is 0 Å². The Kier molecular flexibility index (Phi) is 4.29. The molecule has 0 radical (unpaired) electrons. The van der Waals surface area contributed by atoms with Crippen molar-refractivity contribution in [2.24, 2.45) is 0 Å². The zero-order chi connectivity index (χ0) is 14.3. The monoisotopic (exact) mass is 356 g/mol. The Bertz CT molecular complexity index is 670. The standard InChI is InChI=1S/C12H5Cl5O2/c13-6-3-5(9(15)11(17)12(6)19)4-1-2-7(18)10(16)8(4)14/h1-3,18-19H. The van der Waals surface area contributed by atoms with E-state index in [9.17, 15) is 10.2 Å². The fourth-order valence-electron chi connectivity index (χ4n) is 1.53. The molecular weight excluding hydrogens is 353 g/mol. The van der Waals surface area contributed by atoms with Gasteiger partial charge in [0.05, 0.1) is 15.1 Å². The van der Waals surface area contributed by atoms with Gasteiger partial charge in [0.1, 0.15) is 15.8 Å². The number of hydrogen-bond donors (Lipinski definition) is 2. The molecule has 2 N–H and O–H groups in total. The van der Waals surface area contributed by atoms with Crippen LogP contribution in [0.1, 0.15) is 0 Å². The predicted molar refractivity (Wildman–Crippen MR) is 80.3 cm³/mol. The molecule has 0 saturated carbocycles. The first-order chi connectivity index (χ1) is 8.84. The van der Waals surface area contributed by atoms with Crippen LogP contribution in [0, 0.1) is 0 Å². The van der Waals surface area contributed by atoms with Crippen LogP contribution in [0.15, 0.2) is 18.2 Å². The molecule has 0 fully saturated rings. The highest BCUT2D eigenvalue weighted by atomic mass is 35.5. The second kappa shape index (κ2) is 5.47. The van der Waals surface area contributed by atoms with Crippen molar-refractivity contribution in [3.8, 4) is 22.6 Å². The number of phenolic OH excluding ortho intramolecular Hbond substituents is 2. The molecule has 0 unspecified atom stereocenters. The molecule has 0 atom stereocenters. The first kappa shape index (κ1) is 14.9. The van der Waals surface area contributed by atoms with E-state index >= 15 is 0 Å². The number of phenols is 2. The van der Waals surface area contributed by atoms with Gasteiger partial charge in [0.25, 0.3) is 0 Å². The molecule has 2 nitrogen and oxygen atoms in total. The van der Waals surface area contributed by atoms with E-state index in [2.05, 4.69) is 0 Å². The van der Waals surface area contributed by atoms with Crippen LogP contribution in [-0.4, -0.2) is 10.2 Å². The molecule has 0 heterocycles. The van der Waals surface area contributed by atoms with Gasteiger partial charge in [-0.1, -0.05) is 58.0 Å². The second-order valence-corrected chi connectivity index (χ2v) is 5.56. The predicted octanol–water partition coefficient (Wildman–Crippen LogP) is 6.03. The van der Waals surface area contributed by atoms with Crippen LogP contribution in [0.4, 0.5) is 0 Å². The Hall–Kier alpha value is -0.510. The van der Waals surface area contributed by atoms with Crippen LogP contribution in [0.25, 0.3) is 11.1 Å². The first-order valence-electron chi connectivity index (χ1n) is 4.88. The fourth-order valence-corrected chi connectivity index (χ4v) is 2.66. The molecule has 2 aromatic carbocycles. The highest BCUT2D eigenvalue weighted by Crippen LogP contribution is 2.47. The first-order valence-corrected chi connectivity index (χ1v) is 6.77. The van der Waals surface area contributed by atoms with Crippen molar-refractivity contribution >= 4 is 58.0 Å². The van der Waals surface area contributed by atoms with E-state index in [-0.39, 0.29) is 36.6 Å². The fraction of sp³-hybridized carbons (Fsp3) is 0. The molecule has 0 aliphatic carbocycles. The van der Waals surface area contributed by atoms with E-state index in [4.69, 9.17) is 58.0 Å². The van der Waals surface area contributed by atoms with Crippen LogP contribution in [0.3, 0.4) is 0 Å². The van der Waals surface area contributed by atoms with Crippen molar-refractivity contribution in [3.05, 3.63) is 43.3 Å². The van der Waals surface area contributed by atoms with E-state index in [1.54, 1.807) is 0 Å². The summed E-state index contributed by atoms with van der Waals surface area (Å²) in [6, 6.07) is 4.31. The summed E-state index contributed by atoms with van der Waals surface area (Å²) < 4.78 is 0. The molecule has 0 aromatic heterocycles. The minimum atomic E-state index is -0.307. The second-order valence-electron chi connectivity index (χ2n) is 3.64. The van der Waals surface area contributed by atoms with Crippen LogP contribution in [0.2, 0.25) is 25.1 Å². The molecule has 0 amide bonds. The molecule has 2 rings (SSSR count). The quantitative estimate of drug-likeness (QED) is 0.611. The smallest absolute Gasteiger partial charge is 0.154 e. The SMILES string of the molecule is Oc1ccc(-c2cc(Cl)c(O)c(Cl)c2Cl)c(Cl)c1Cl. The summed E-state index contributed by atoms with van der Waals surface area (Å²) in [7, 11) is 0. The Labute approximate surface area is 134 Å². The van der Waals surface area contributed by atoms with Crippen molar-refractivity contribution in [1.29, 1.82) is 0 Å². The minimum Gasteiger partial charge on any atom is -0.506 e. The molecule has 100 valence electrons. The molecule has 7 heteroatoms. The Balaban J connectivity index is 2.77. The summed E-state index contributed by atoms with van der Waals surface area (Å²) in [6.07, 6.45) is 0. The van der Waals surface area contributed by atoms with Crippen molar-refractivity contribution in [3.63, 3.8) is 0 Å². The van der Waals surface area contributed by atoms with E-state index in [0.717, 1.165) is 0 Å². The molecule has 0 spiro atoms. The summed E-state index contributed by atoms with van der Waals surface area (Å²) >= 11 is 29.7. The van der Waals surface area contributed by atoms with Gasteiger partial charge < -0.3 is 10.2 Å². The average molecular weight is 358 g/mol. The summed E-state index contributed by atoms with van der Waals surface area (Å²) in [6.45, 7) is 0. The summed E-state index contributed by atoms with van der Waals surface area (Å²) in [5.74, 6) is -0.458. The Morgan fingerprint density at radius 2 is 1.26 bits per heavy atom. The molecule has 0 saturated heterocycles. The molecular formula is C12H5Cl5O2. The van der Waals surface area contributed by atoms with Gasteiger partial charge >= 0.3 is 0 Å². The molecule has 19 heavy (non-hydrogen) atoms. The van der Waals surface area contributed by atoms with Gasteiger partial charge in [0, 0.05) is 11.1 Å². The van der Waals surface area contributed by atoms with Crippen LogP contribution >= 0.6 is 58.0 Å². The number of hydrogen-bond acceptors (Lipinski definition) is 2. The average Bonchev–Trinajstić information content (AvgIpc) is 2.39. The van der Waals surface area contributed by atoms with Crippen molar-refractivity contribution in [2.45, 2.75) is 0 Å². The Morgan fingerprint density at radius 1 is 0.684 bits per heavy atom. The van der Waals surface area contributed by atoms with Crippen LogP contribution < -0.4 is 0 Å². The topological polar surface area (TPSA) is 40.5 Å². The van der Waals surface area contributed by atoms with Gasteiger partial charge in [-0.05, 0) is 18.2 Å². The van der Waals surface area contributed by atoms with Crippen LogP contribution in [-0.2, 0) is 0 Å². The maximum Gasteiger partial charge on any atom is 0.154 e. The normalized spacial score (nSPS) is 10.8. The van der Waals surface area contributed by atoms with E-state index in [1.807, 2.05) is 0 Å². The lowest BCUT2D eigenvalue weighted by atomic mass is 10.0. The lowest BCUT2D eigenvalue weighted by Gasteiger charge is -2.12. The summed E-state index contributed by atoms with van der Waals surface area (Å²) in [5, 5.41) is 19.2. The highest BCUT2D eigenvalue weighted by Gasteiger charge is 2.19. The van der Waals surface area contributed by atoms with Crippen molar-refractivity contribution in [1.82, 2.24) is 0 Å². The summed E-state index contributed by atoms with van der Waals surface area (Å²) in [5.41, 5.74) is 0.847. The lowest BCUT2D eigenvalue weighted by Crippen LogP contribution is -1.85. The van der Waals surface area contributed by atoms with Crippen LogP contribution in [0.5, 0.6) is 11.5 Å². The maximum atomic E-state index is 9.58. The third kappa shape index (κ3) is 2.56. The zero-order valence-electron chi connectivity index (χ0n) is 9.02. The number of rotatable bonds is 1. The highest BCUT2D eigenvalue weighted by molar-refractivity contribution is 6.48. The number of benzene rings is 2. The lowest BCUT2D eigenvalue weighted by molar-refractivity contribution is 0.475. The third-order valence-electron chi connectivity index (χ3n) is 2.49. The van der Waals surface area contributed by atoms with Gasteiger partial charge in [0.2, 0.25) is 0 Å². The minimum absolute atomic E-state index is 0.00412. The molecule has 0 aliphatic heterocycles. The summed E-state index contributed by atoms with van der Waals surface area (Å²) in [4.78, 5) is 0. The zero-order valence-corrected chi connectivity index (χ0v) is 12.8. The molecule has 2 aromatic rings. The largest absolute Gasteiger partial charge is 0.506 e. The number of aromatic hydroxyl groups is 2. The van der Waals surface area contributed by atoms with Gasteiger partial charge in [-0.2, -0.15) is 0 Å². The van der Waals surface area contributed by atoms with Gasteiger partial charge in [-0.3, -0.25) is 0 Å². The van der Waals surface area contributed by atoms with E-state index in [1.165, 1.54) is 18.2 Å². The molecule has 0 aliphatic rings. The maximum absolute atomic E-state index is 9.58. The number of halogens is 5. The molecule has 0 bridgehead atoms. The van der Waals surface area contributed by atoms with Gasteiger partial charge in [-0.25, -0.2) is 0 Å².